The van der Waals surface area contributed by atoms with E-state index >= 15 is 0 Å². The Bertz CT molecular complexity index is 1310. The van der Waals surface area contributed by atoms with Gasteiger partial charge in [0.2, 0.25) is 16.0 Å². The second-order valence-corrected chi connectivity index (χ2v) is 9.51. The van der Waals surface area contributed by atoms with Gasteiger partial charge in [0.1, 0.15) is 12.3 Å². The molecule has 0 spiro atoms. The molecule has 0 aliphatic rings. The quantitative estimate of drug-likeness (QED) is 0.351. The Balaban J connectivity index is 1.90. The lowest BCUT2D eigenvalue weighted by atomic mass is 10.1. The van der Waals surface area contributed by atoms with E-state index in [0.29, 0.717) is 6.26 Å². The van der Waals surface area contributed by atoms with Crippen molar-refractivity contribution in [3.8, 4) is 17.2 Å². The van der Waals surface area contributed by atoms with E-state index in [1.807, 2.05) is 0 Å². The molecule has 10 nitrogen and oxygen atoms in total. The van der Waals surface area contributed by atoms with Crippen molar-refractivity contribution in [1.82, 2.24) is 24.5 Å². The number of sulfonamides is 1. The van der Waals surface area contributed by atoms with E-state index in [1.54, 1.807) is 0 Å². The molecule has 0 saturated carbocycles. The topological polar surface area (TPSA) is 123 Å². The molecule has 1 aromatic carbocycles. The van der Waals surface area contributed by atoms with Crippen LogP contribution < -0.4 is 10.1 Å². The summed E-state index contributed by atoms with van der Waals surface area (Å²) in [6.07, 6.45) is -10.3. The van der Waals surface area contributed by atoms with E-state index in [0.717, 1.165) is 36.7 Å². The average molecular weight is 576 g/mol. The van der Waals surface area contributed by atoms with Crippen molar-refractivity contribution in [2.75, 3.05) is 24.7 Å². The molecule has 3 rings (SSSR count). The van der Waals surface area contributed by atoms with E-state index < -0.39 is 59.8 Å². The number of rotatable bonds is 10. The summed E-state index contributed by atoms with van der Waals surface area (Å²) in [6, 6.07) is 2.61. The van der Waals surface area contributed by atoms with Crippen molar-refractivity contribution in [2.24, 2.45) is 0 Å². The summed E-state index contributed by atoms with van der Waals surface area (Å²) in [4.78, 5) is 7.77. The van der Waals surface area contributed by atoms with E-state index in [1.165, 1.54) is 0 Å². The Labute approximate surface area is 208 Å². The van der Waals surface area contributed by atoms with Crippen molar-refractivity contribution >= 4 is 16.0 Å². The number of alkyl halides is 8. The van der Waals surface area contributed by atoms with Crippen LogP contribution in [-0.2, 0) is 10.0 Å². The molecule has 0 saturated heterocycles. The number of halogens is 8. The third-order valence-electron chi connectivity index (χ3n) is 4.56. The van der Waals surface area contributed by atoms with Crippen LogP contribution in [0.3, 0.4) is 0 Å². The van der Waals surface area contributed by atoms with Crippen molar-refractivity contribution in [3.05, 3.63) is 48.1 Å². The largest absolute Gasteiger partial charge is 0.573 e. The number of ether oxygens (including phenoxy) is 1. The highest BCUT2D eigenvalue weighted by atomic mass is 32.2. The van der Waals surface area contributed by atoms with Crippen LogP contribution in [0.5, 0.6) is 5.75 Å². The summed E-state index contributed by atoms with van der Waals surface area (Å²) in [5.41, 5.74) is 0.0662. The van der Waals surface area contributed by atoms with Crippen molar-refractivity contribution < 1.29 is 52.7 Å². The number of anilines is 1. The maximum absolute atomic E-state index is 13.0. The molecule has 1 atom stereocenters. The summed E-state index contributed by atoms with van der Waals surface area (Å²) in [7, 11) is -4.40. The first-order chi connectivity index (χ1) is 17.5. The van der Waals surface area contributed by atoms with Crippen LogP contribution in [0, 0.1) is 0 Å². The van der Waals surface area contributed by atoms with E-state index in [-0.39, 0.29) is 27.3 Å². The smallest absolute Gasteiger partial charge is 0.415 e. The number of hydrogen-bond donors (Lipinski definition) is 1. The predicted octanol–water partition coefficient (Wildman–Crippen LogP) is 4.34. The summed E-state index contributed by atoms with van der Waals surface area (Å²) < 4.78 is 135. The fourth-order valence-corrected chi connectivity index (χ4v) is 3.77. The van der Waals surface area contributed by atoms with Crippen LogP contribution in [0.15, 0.2) is 41.1 Å². The molecule has 0 radical (unpaired) electrons. The van der Waals surface area contributed by atoms with Gasteiger partial charge >= 0.3 is 19.0 Å². The van der Waals surface area contributed by atoms with Crippen LogP contribution >= 0.6 is 0 Å². The van der Waals surface area contributed by atoms with Crippen LogP contribution in [0.4, 0.5) is 41.1 Å². The molecule has 208 valence electrons. The maximum atomic E-state index is 13.0. The van der Waals surface area contributed by atoms with Gasteiger partial charge in [-0.2, -0.15) is 26.3 Å². The van der Waals surface area contributed by atoms with Gasteiger partial charge in [0.25, 0.3) is 11.8 Å². The van der Waals surface area contributed by atoms with Crippen LogP contribution in [-0.4, -0.2) is 64.8 Å². The summed E-state index contributed by atoms with van der Waals surface area (Å²) in [5, 5.41) is 9.16. The summed E-state index contributed by atoms with van der Waals surface area (Å²) in [6.45, 7) is -2.67. The average Bonchev–Trinajstić information content (AvgIpc) is 3.27. The molecular formula is C19H16F8N6O4S. The van der Waals surface area contributed by atoms with Gasteiger partial charge in [0, 0.05) is 18.9 Å². The SMILES string of the molecule is CS(=O)(=O)N(CC(Nc1ncc(-c2nnc(C(F)F)o2)cn1)c1ccc(OC(F)(F)F)cc1)CC(F)(F)F. The highest BCUT2D eigenvalue weighted by Gasteiger charge is 2.36. The van der Waals surface area contributed by atoms with Gasteiger partial charge in [-0.15, -0.1) is 23.4 Å². The molecule has 2 heterocycles. The zero-order chi connectivity index (χ0) is 28.3. The first-order valence-electron chi connectivity index (χ1n) is 10.1. The number of nitrogens with one attached hydrogen (secondary N) is 1. The van der Waals surface area contributed by atoms with Crippen LogP contribution in [0.1, 0.15) is 23.9 Å². The molecule has 0 bridgehead atoms. The fraction of sp³-hybridized carbons (Fsp3) is 0.368. The molecular weight excluding hydrogens is 560 g/mol. The lowest BCUT2D eigenvalue weighted by Gasteiger charge is -2.27. The first kappa shape index (κ1) is 29.0. The van der Waals surface area contributed by atoms with Crippen LogP contribution in [0.25, 0.3) is 11.5 Å². The zero-order valence-electron chi connectivity index (χ0n) is 18.8. The Morgan fingerprint density at radius 3 is 2.11 bits per heavy atom. The minimum atomic E-state index is -5.00. The third kappa shape index (κ3) is 8.47. The van der Waals surface area contributed by atoms with Crippen molar-refractivity contribution in [3.63, 3.8) is 0 Å². The standard InChI is InChI=1S/C19H16F8N6O4S/c1-38(34,35)33(9-18(22,23)24)8-13(10-2-4-12(5-3-10)37-19(25,26)27)30-17-28-6-11(7-29-17)15-31-32-16(36-15)14(20)21/h2-7,13-14H,8-9H2,1H3,(H,28,29,30). The third-order valence-corrected chi connectivity index (χ3v) is 5.77. The molecule has 19 heteroatoms. The van der Waals surface area contributed by atoms with Gasteiger partial charge in [0.05, 0.1) is 17.9 Å². The maximum Gasteiger partial charge on any atom is 0.573 e. The van der Waals surface area contributed by atoms with Crippen molar-refractivity contribution in [2.45, 2.75) is 25.0 Å². The molecule has 1 N–H and O–H groups in total. The molecule has 0 amide bonds. The molecule has 0 fully saturated rings. The zero-order valence-corrected chi connectivity index (χ0v) is 19.7. The lowest BCUT2D eigenvalue weighted by molar-refractivity contribution is -0.274. The normalized spacial score (nSPS) is 13.7. The van der Waals surface area contributed by atoms with Gasteiger partial charge in [-0.25, -0.2) is 18.4 Å². The van der Waals surface area contributed by atoms with E-state index in [4.69, 9.17) is 4.42 Å². The molecule has 1 unspecified atom stereocenters. The summed E-state index contributed by atoms with van der Waals surface area (Å²) in [5.74, 6) is -2.19. The van der Waals surface area contributed by atoms with Gasteiger partial charge in [0.15, 0.2) is 0 Å². The predicted molar refractivity (Wildman–Crippen MR) is 112 cm³/mol. The van der Waals surface area contributed by atoms with E-state index in [9.17, 15) is 43.5 Å². The lowest BCUT2D eigenvalue weighted by Crippen LogP contribution is -2.42. The van der Waals surface area contributed by atoms with Crippen molar-refractivity contribution in [1.29, 1.82) is 0 Å². The van der Waals surface area contributed by atoms with Gasteiger partial charge in [-0.05, 0) is 17.7 Å². The molecule has 0 aliphatic carbocycles. The number of nitrogens with zero attached hydrogens (tertiary/aromatic N) is 5. The molecule has 2 aromatic heterocycles. The van der Waals surface area contributed by atoms with E-state index in [2.05, 4.69) is 30.2 Å². The molecule has 0 aliphatic heterocycles. The number of aromatic nitrogens is 4. The molecule has 3 aromatic rings. The monoisotopic (exact) mass is 576 g/mol. The van der Waals surface area contributed by atoms with Crippen LogP contribution in [0.2, 0.25) is 0 Å². The van der Waals surface area contributed by atoms with Gasteiger partial charge < -0.3 is 14.5 Å². The summed E-state index contributed by atoms with van der Waals surface area (Å²) >= 11 is 0. The second kappa shape index (κ2) is 11.0. The van der Waals surface area contributed by atoms with Gasteiger partial charge in [-0.1, -0.05) is 12.1 Å². The number of benzene rings is 1. The highest BCUT2D eigenvalue weighted by Crippen LogP contribution is 2.28. The Morgan fingerprint density at radius 2 is 1.63 bits per heavy atom. The fourth-order valence-electron chi connectivity index (χ4n) is 2.97. The molecule has 38 heavy (non-hydrogen) atoms. The minimum absolute atomic E-state index is 0.00925. The number of hydrogen-bond acceptors (Lipinski definition) is 9. The van der Waals surface area contributed by atoms with Gasteiger partial charge in [-0.3, -0.25) is 0 Å². The first-order valence-corrected chi connectivity index (χ1v) is 11.9. The Hall–Kier alpha value is -3.61. The highest BCUT2D eigenvalue weighted by molar-refractivity contribution is 7.88. The second-order valence-electron chi connectivity index (χ2n) is 7.53. The minimum Gasteiger partial charge on any atom is -0.415 e. The Morgan fingerprint density at radius 1 is 1.03 bits per heavy atom. The Kier molecular flexibility index (Phi) is 8.39.